The number of rotatable bonds is 4. The van der Waals surface area contributed by atoms with Gasteiger partial charge in [0.05, 0.1) is 29.3 Å². The quantitative estimate of drug-likeness (QED) is 0.307. The van der Waals surface area contributed by atoms with E-state index in [0.717, 1.165) is 71.5 Å². The summed E-state index contributed by atoms with van der Waals surface area (Å²) in [5.41, 5.74) is 4.84. The smallest absolute Gasteiger partial charge is 0.134 e. The molecule has 9 heteroatoms. The molecule has 5 rings (SSSR count). The Morgan fingerprint density at radius 3 is 2.64 bits per heavy atom. The van der Waals surface area contributed by atoms with Crippen molar-refractivity contribution in [2.24, 2.45) is 0 Å². The Morgan fingerprint density at radius 2 is 1.88 bits per heavy atom. The average molecular weight is 614 g/mol. The van der Waals surface area contributed by atoms with Gasteiger partial charge in [-0.2, -0.15) is 0 Å². The molecule has 1 aliphatic rings. The second-order valence-electron chi connectivity index (χ2n) is 7.99. The van der Waals surface area contributed by atoms with Gasteiger partial charge in [-0.05, 0) is 31.0 Å². The summed E-state index contributed by atoms with van der Waals surface area (Å²) in [6.07, 6.45) is 11.4. The molecule has 172 valence electrons. The third-order valence-electron chi connectivity index (χ3n) is 5.58. The number of anilines is 2. The van der Waals surface area contributed by atoms with Gasteiger partial charge in [-0.3, -0.25) is 9.97 Å². The van der Waals surface area contributed by atoms with Crippen LogP contribution >= 0.6 is 0 Å². The van der Waals surface area contributed by atoms with Crippen molar-refractivity contribution in [1.29, 1.82) is 0 Å². The summed E-state index contributed by atoms with van der Waals surface area (Å²) < 4.78 is 0. The Bertz CT molecular complexity index is 1190. The van der Waals surface area contributed by atoms with Crippen LogP contribution in [0, 0.1) is 6.92 Å². The number of nitrogens with one attached hydrogen (secondary N) is 2. The number of aliphatic hydroxyl groups is 1. The standard InChI is InChI=1S/C23H24N7.CH4O.W/c1-14-7-17(11-24-9-14)28-22-8-20(19-12-25-13-21-18(19)5-6-26-21)29-23(30-22)16-4-3-15(2)27-10-16;1-2;/h5-9,11-13,15-16,26H,3-4,10H2,1-2H3,(H,28,29,30);2H,1H3;/q-1;;/t15-,16+;;/m0../s1. The molecule has 0 unspecified atom stereocenters. The maximum Gasteiger partial charge on any atom is 0.134 e. The van der Waals surface area contributed by atoms with E-state index in [9.17, 15) is 0 Å². The summed E-state index contributed by atoms with van der Waals surface area (Å²) in [5.74, 6) is 1.82. The molecule has 0 spiro atoms. The van der Waals surface area contributed by atoms with E-state index >= 15 is 0 Å². The molecule has 0 saturated carbocycles. The molecule has 0 aromatic carbocycles. The summed E-state index contributed by atoms with van der Waals surface area (Å²) in [5, 5.41) is 16.2. The normalized spacial score (nSPS) is 17.6. The van der Waals surface area contributed by atoms with Crippen LogP contribution in [0.3, 0.4) is 0 Å². The molecule has 4 aromatic heterocycles. The first-order valence-electron chi connectivity index (χ1n) is 10.8. The molecular formula is C24H28N7OW-. The molecule has 0 bridgehead atoms. The van der Waals surface area contributed by atoms with Gasteiger partial charge in [0.2, 0.25) is 0 Å². The van der Waals surface area contributed by atoms with E-state index in [1.807, 2.05) is 37.8 Å². The van der Waals surface area contributed by atoms with Crippen molar-refractivity contribution >= 4 is 22.4 Å². The number of fused-ring (bicyclic) bond motifs is 1. The van der Waals surface area contributed by atoms with Crippen LogP contribution in [0.15, 0.2) is 49.2 Å². The molecule has 1 aliphatic heterocycles. The number of aromatic amines is 1. The monoisotopic (exact) mass is 614 g/mol. The van der Waals surface area contributed by atoms with E-state index < -0.39 is 0 Å². The molecule has 33 heavy (non-hydrogen) atoms. The number of H-pyrrole nitrogens is 1. The van der Waals surface area contributed by atoms with E-state index in [1.165, 1.54) is 0 Å². The van der Waals surface area contributed by atoms with Crippen LogP contribution in [0.4, 0.5) is 11.5 Å². The van der Waals surface area contributed by atoms with Crippen molar-refractivity contribution in [3.05, 3.63) is 65.9 Å². The number of aromatic nitrogens is 5. The van der Waals surface area contributed by atoms with Crippen molar-refractivity contribution < 1.29 is 26.2 Å². The van der Waals surface area contributed by atoms with Gasteiger partial charge in [0, 0.05) is 69.7 Å². The van der Waals surface area contributed by atoms with E-state index in [-0.39, 0.29) is 27.0 Å². The first-order chi connectivity index (χ1) is 15.7. The minimum atomic E-state index is 0. The van der Waals surface area contributed by atoms with Crippen molar-refractivity contribution in [3.8, 4) is 11.3 Å². The van der Waals surface area contributed by atoms with Gasteiger partial charge in [-0.25, -0.2) is 9.97 Å². The van der Waals surface area contributed by atoms with Gasteiger partial charge in [-0.1, -0.05) is 13.3 Å². The zero-order valence-corrected chi connectivity index (χ0v) is 21.9. The number of hydrogen-bond acceptors (Lipinski definition) is 6. The zero-order chi connectivity index (χ0) is 22.5. The SMILES string of the molecule is CO.Cc1cncc(Nc2cc(-c3cncc4[nH]ccc34)nc([C@@H]3CC[C@H](C)[N-]C3)n2)c1.[W]. The number of pyridine rings is 2. The number of aliphatic hydroxyl groups excluding tert-OH is 1. The summed E-state index contributed by atoms with van der Waals surface area (Å²) in [6.45, 7) is 4.96. The van der Waals surface area contributed by atoms with Crippen LogP contribution in [0.2, 0.25) is 0 Å². The summed E-state index contributed by atoms with van der Waals surface area (Å²) in [4.78, 5) is 21.7. The topological polar surface area (TPSA) is 114 Å². The third-order valence-corrected chi connectivity index (χ3v) is 5.58. The molecule has 1 fully saturated rings. The summed E-state index contributed by atoms with van der Waals surface area (Å²) in [6, 6.07) is 6.51. The summed E-state index contributed by atoms with van der Waals surface area (Å²) >= 11 is 0. The fraction of sp³-hybridized carbons (Fsp3) is 0.333. The maximum atomic E-state index is 7.00. The van der Waals surface area contributed by atoms with Crippen LogP contribution < -0.4 is 5.32 Å². The predicted octanol–water partition coefficient (Wildman–Crippen LogP) is 4.71. The molecule has 3 N–H and O–H groups in total. The molecule has 4 aromatic rings. The van der Waals surface area contributed by atoms with Crippen molar-refractivity contribution in [1.82, 2.24) is 24.9 Å². The minimum Gasteiger partial charge on any atom is -0.659 e. The van der Waals surface area contributed by atoms with Crippen LogP contribution in [0.25, 0.3) is 27.5 Å². The van der Waals surface area contributed by atoms with Crippen molar-refractivity contribution in [2.75, 3.05) is 19.0 Å². The van der Waals surface area contributed by atoms with Gasteiger partial charge in [0.1, 0.15) is 11.6 Å². The number of hydrogen-bond donors (Lipinski definition) is 3. The number of nitrogens with zero attached hydrogens (tertiary/aromatic N) is 5. The summed E-state index contributed by atoms with van der Waals surface area (Å²) in [7, 11) is 1.00. The fourth-order valence-corrected chi connectivity index (χ4v) is 3.95. The minimum absolute atomic E-state index is 0. The second-order valence-corrected chi connectivity index (χ2v) is 7.99. The van der Waals surface area contributed by atoms with Crippen LogP contribution in [0.1, 0.15) is 37.1 Å². The van der Waals surface area contributed by atoms with Crippen LogP contribution in [-0.2, 0) is 21.1 Å². The maximum absolute atomic E-state index is 7.00. The largest absolute Gasteiger partial charge is 0.659 e. The fourth-order valence-electron chi connectivity index (χ4n) is 3.95. The second kappa shape index (κ2) is 11.5. The Kier molecular flexibility index (Phi) is 8.66. The van der Waals surface area contributed by atoms with E-state index in [2.05, 4.69) is 39.3 Å². The Hall–Kier alpha value is -2.67. The molecule has 0 radical (unpaired) electrons. The number of piperidine rings is 1. The van der Waals surface area contributed by atoms with E-state index in [0.29, 0.717) is 6.04 Å². The molecule has 0 amide bonds. The average Bonchev–Trinajstić information content (AvgIpc) is 3.30. The molecular weight excluding hydrogens is 586 g/mol. The van der Waals surface area contributed by atoms with Gasteiger partial charge in [0.25, 0.3) is 0 Å². The number of aryl methyl sites for hydroxylation is 1. The van der Waals surface area contributed by atoms with Crippen LogP contribution in [0.5, 0.6) is 0 Å². The van der Waals surface area contributed by atoms with Crippen molar-refractivity contribution in [3.63, 3.8) is 0 Å². The first kappa shape index (κ1) is 25.0. The van der Waals surface area contributed by atoms with Gasteiger partial charge in [-0.15, -0.1) is 12.6 Å². The molecule has 1 saturated heterocycles. The molecule has 0 aliphatic carbocycles. The zero-order valence-electron chi connectivity index (χ0n) is 19.0. The molecule has 2 atom stereocenters. The Balaban J connectivity index is 0.000000994. The van der Waals surface area contributed by atoms with Gasteiger partial charge in [0.15, 0.2) is 0 Å². The molecule has 5 heterocycles. The third kappa shape index (κ3) is 5.82. The van der Waals surface area contributed by atoms with E-state index in [4.69, 9.17) is 20.4 Å². The van der Waals surface area contributed by atoms with E-state index in [1.54, 1.807) is 6.20 Å². The Labute approximate surface area is 208 Å². The Morgan fingerprint density at radius 1 is 1.06 bits per heavy atom. The predicted molar refractivity (Wildman–Crippen MR) is 127 cm³/mol. The van der Waals surface area contributed by atoms with Gasteiger partial charge >= 0.3 is 0 Å². The van der Waals surface area contributed by atoms with Gasteiger partial charge < -0.3 is 20.7 Å². The van der Waals surface area contributed by atoms with Crippen LogP contribution in [-0.4, -0.2) is 49.7 Å². The first-order valence-corrected chi connectivity index (χ1v) is 10.8. The molecule has 8 nitrogen and oxygen atoms in total. The van der Waals surface area contributed by atoms with Crippen molar-refractivity contribution in [2.45, 2.75) is 38.6 Å².